The van der Waals surface area contributed by atoms with Gasteiger partial charge in [-0.15, -0.1) is 0 Å². The molecule has 10 heteroatoms. The number of anilines is 2. The number of nitrogens with zero attached hydrogens (tertiary/aromatic N) is 3. The number of amides is 2. The second-order valence-electron chi connectivity index (χ2n) is 6.18. The van der Waals surface area contributed by atoms with E-state index in [0.29, 0.717) is 5.69 Å². The Morgan fingerprint density at radius 3 is 2.81 bits per heavy atom. The summed E-state index contributed by atoms with van der Waals surface area (Å²) in [5.41, 5.74) is 11.8. The van der Waals surface area contributed by atoms with Gasteiger partial charge < -0.3 is 21.5 Å². The lowest BCUT2D eigenvalue weighted by molar-refractivity contribution is -0.121. The standard InChI is InChI=1S/C17H19N7O3/c1-17(7-11(25)22-16(19)24-17)9-4-3-5-10(6-9)21-15(26)13-14(18)23-12(27-2)8-20-13/h3-6,8H,7H2,1-2H3,(H2,18,23)(H,21,26)(H3,19,22,24,25). The van der Waals surface area contributed by atoms with Gasteiger partial charge in [-0.05, 0) is 24.6 Å². The highest BCUT2D eigenvalue weighted by Gasteiger charge is 2.33. The molecule has 0 fully saturated rings. The molecule has 0 saturated carbocycles. The van der Waals surface area contributed by atoms with Crippen LogP contribution in [0.25, 0.3) is 0 Å². The van der Waals surface area contributed by atoms with E-state index in [9.17, 15) is 9.59 Å². The van der Waals surface area contributed by atoms with Crippen molar-refractivity contribution in [2.75, 3.05) is 18.2 Å². The van der Waals surface area contributed by atoms with Gasteiger partial charge >= 0.3 is 0 Å². The summed E-state index contributed by atoms with van der Waals surface area (Å²) >= 11 is 0. The highest BCUT2D eigenvalue weighted by Crippen LogP contribution is 2.32. The minimum absolute atomic E-state index is 0.0216. The Balaban J connectivity index is 1.85. The molecule has 1 aromatic heterocycles. The summed E-state index contributed by atoms with van der Waals surface area (Å²) in [6.07, 6.45) is 1.45. The zero-order valence-electron chi connectivity index (χ0n) is 14.8. The zero-order valence-corrected chi connectivity index (χ0v) is 14.8. The van der Waals surface area contributed by atoms with E-state index >= 15 is 0 Å². The second-order valence-corrected chi connectivity index (χ2v) is 6.18. The van der Waals surface area contributed by atoms with Crippen molar-refractivity contribution in [1.82, 2.24) is 15.3 Å². The van der Waals surface area contributed by atoms with E-state index < -0.39 is 11.4 Å². The summed E-state index contributed by atoms with van der Waals surface area (Å²) < 4.78 is 4.92. The molecular formula is C17H19N7O3. The van der Waals surface area contributed by atoms with Crippen LogP contribution in [-0.4, -0.2) is 34.9 Å². The maximum absolute atomic E-state index is 12.5. The number of ether oxygens (including phenoxy) is 1. The normalized spacial score (nSPS) is 19.0. The minimum atomic E-state index is -0.827. The number of carbonyl (C=O) groups excluding carboxylic acids is 2. The number of rotatable bonds is 4. The fraction of sp³-hybridized carbons (Fsp3) is 0.235. The smallest absolute Gasteiger partial charge is 0.278 e. The summed E-state index contributed by atoms with van der Waals surface area (Å²) in [6, 6.07) is 6.98. The molecule has 0 radical (unpaired) electrons. The van der Waals surface area contributed by atoms with Gasteiger partial charge in [0.25, 0.3) is 5.91 Å². The molecule has 3 rings (SSSR count). The fourth-order valence-electron chi connectivity index (χ4n) is 2.78. The number of aromatic nitrogens is 2. The maximum atomic E-state index is 12.5. The molecule has 1 aliphatic rings. The van der Waals surface area contributed by atoms with Gasteiger partial charge in [-0.2, -0.15) is 4.98 Å². The van der Waals surface area contributed by atoms with Crippen LogP contribution in [0.15, 0.2) is 35.5 Å². The Morgan fingerprint density at radius 1 is 1.37 bits per heavy atom. The monoisotopic (exact) mass is 369 g/mol. The number of aliphatic imine (C=N–C) groups is 1. The number of hydrogen-bond donors (Lipinski definition) is 4. The Hall–Kier alpha value is -3.69. The Bertz CT molecular complexity index is 944. The first kappa shape index (κ1) is 18.1. The molecular weight excluding hydrogens is 350 g/mol. The first-order chi connectivity index (χ1) is 12.8. The molecule has 2 heterocycles. The molecule has 27 heavy (non-hydrogen) atoms. The van der Waals surface area contributed by atoms with Crippen LogP contribution in [0.1, 0.15) is 29.4 Å². The average molecular weight is 369 g/mol. The third-order valence-corrected chi connectivity index (χ3v) is 4.08. The summed E-state index contributed by atoms with van der Waals surface area (Å²) in [4.78, 5) is 36.5. The number of nitrogen functional groups attached to an aromatic ring is 1. The molecule has 1 unspecified atom stereocenters. The van der Waals surface area contributed by atoms with Crippen LogP contribution in [0.3, 0.4) is 0 Å². The minimum Gasteiger partial charge on any atom is -0.480 e. The maximum Gasteiger partial charge on any atom is 0.278 e. The van der Waals surface area contributed by atoms with Crippen molar-refractivity contribution in [3.05, 3.63) is 41.7 Å². The molecule has 0 bridgehead atoms. The van der Waals surface area contributed by atoms with Crippen LogP contribution >= 0.6 is 0 Å². The number of methoxy groups -OCH3 is 1. The third-order valence-electron chi connectivity index (χ3n) is 4.08. The van der Waals surface area contributed by atoms with E-state index in [1.54, 1.807) is 25.1 Å². The Labute approximate surface area is 155 Å². The summed E-state index contributed by atoms with van der Waals surface area (Å²) in [7, 11) is 1.43. The van der Waals surface area contributed by atoms with Gasteiger partial charge in [0, 0.05) is 5.69 Å². The van der Waals surface area contributed by atoms with Gasteiger partial charge in [-0.1, -0.05) is 12.1 Å². The number of nitrogens with one attached hydrogen (secondary N) is 2. The highest BCUT2D eigenvalue weighted by molar-refractivity contribution is 6.05. The van der Waals surface area contributed by atoms with E-state index in [2.05, 4.69) is 25.6 Å². The topological polar surface area (TPSA) is 158 Å². The van der Waals surface area contributed by atoms with Crippen molar-refractivity contribution in [3.63, 3.8) is 0 Å². The van der Waals surface area contributed by atoms with E-state index in [4.69, 9.17) is 16.2 Å². The molecule has 0 aliphatic carbocycles. The quantitative estimate of drug-likeness (QED) is 0.606. The molecule has 6 N–H and O–H groups in total. The SMILES string of the molecule is COc1cnc(C(=O)Nc2cccc(C3(C)CC(=O)NC(N)=N3)c2)c(N)n1. The lowest BCUT2D eigenvalue weighted by Crippen LogP contribution is -2.46. The number of guanidine groups is 1. The summed E-state index contributed by atoms with van der Waals surface area (Å²) in [6.45, 7) is 1.80. The second kappa shape index (κ2) is 6.90. The molecule has 0 spiro atoms. The van der Waals surface area contributed by atoms with Gasteiger partial charge in [0.15, 0.2) is 17.5 Å². The summed E-state index contributed by atoms with van der Waals surface area (Å²) in [5, 5.41) is 5.18. The van der Waals surface area contributed by atoms with E-state index in [-0.39, 0.29) is 35.7 Å². The van der Waals surface area contributed by atoms with Crippen LogP contribution in [0, 0.1) is 0 Å². The van der Waals surface area contributed by atoms with E-state index in [0.717, 1.165) is 5.56 Å². The number of hydrogen-bond acceptors (Lipinski definition) is 8. The molecule has 140 valence electrons. The lowest BCUT2D eigenvalue weighted by atomic mass is 9.87. The van der Waals surface area contributed by atoms with E-state index in [1.807, 2.05) is 6.07 Å². The van der Waals surface area contributed by atoms with Crippen molar-refractivity contribution in [3.8, 4) is 5.88 Å². The molecule has 1 aromatic carbocycles. The molecule has 2 amide bonds. The summed E-state index contributed by atoms with van der Waals surface area (Å²) in [5.74, 6) is -0.513. The van der Waals surface area contributed by atoms with Crippen LogP contribution in [0.4, 0.5) is 11.5 Å². The van der Waals surface area contributed by atoms with Crippen molar-refractivity contribution >= 4 is 29.3 Å². The molecule has 2 aromatic rings. The van der Waals surface area contributed by atoms with Crippen molar-refractivity contribution < 1.29 is 14.3 Å². The van der Waals surface area contributed by atoms with Crippen LogP contribution in [0.2, 0.25) is 0 Å². The number of carbonyl (C=O) groups is 2. The van der Waals surface area contributed by atoms with Gasteiger partial charge in [-0.25, -0.2) is 9.98 Å². The van der Waals surface area contributed by atoms with E-state index in [1.165, 1.54) is 13.3 Å². The molecule has 0 saturated heterocycles. The Kier molecular flexibility index (Phi) is 4.63. The molecule has 1 atom stereocenters. The van der Waals surface area contributed by atoms with Crippen LogP contribution in [0.5, 0.6) is 5.88 Å². The lowest BCUT2D eigenvalue weighted by Gasteiger charge is -2.29. The van der Waals surface area contributed by atoms with Crippen molar-refractivity contribution in [2.45, 2.75) is 18.9 Å². The third kappa shape index (κ3) is 3.78. The predicted octanol–water partition coefficient (Wildman–Crippen LogP) is 0.370. The van der Waals surface area contributed by atoms with Gasteiger partial charge in [0.2, 0.25) is 11.8 Å². The highest BCUT2D eigenvalue weighted by atomic mass is 16.5. The van der Waals surface area contributed by atoms with Crippen LogP contribution < -0.4 is 26.8 Å². The number of nitrogens with two attached hydrogens (primary N) is 2. The first-order valence-electron chi connectivity index (χ1n) is 8.04. The largest absolute Gasteiger partial charge is 0.480 e. The molecule has 10 nitrogen and oxygen atoms in total. The average Bonchev–Trinajstić information content (AvgIpc) is 2.60. The predicted molar refractivity (Wildman–Crippen MR) is 99.1 cm³/mol. The zero-order chi connectivity index (χ0) is 19.6. The Morgan fingerprint density at radius 2 is 2.15 bits per heavy atom. The van der Waals surface area contributed by atoms with Crippen molar-refractivity contribution in [1.29, 1.82) is 0 Å². The number of benzene rings is 1. The first-order valence-corrected chi connectivity index (χ1v) is 8.04. The van der Waals surface area contributed by atoms with Gasteiger partial charge in [-0.3, -0.25) is 14.9 Å². The fourth-order valence-corrected chi connectivity index (χ4v) is 2.78. The van der Waals surface area contributed by atoms with Crippen LogP contribution in [-0.2, 0) is 10.3 Å². The van der Waals surface area contributed by atoms with Gasteiger partial charge in [0.05, 0.1) is 25.3 Å². The van der Waals surface area contributed by atoms with Crippen molar-refractivity contribution in [2.24, 2.45) is 10.7 Å². The van der Waals surface area contributed by atoms with Gasteiger partial charge in [0.1, 0.15) is 0 Å². The molecule has 1 aliphatic heterocycles.